The normalized spacial score (nSPS) is 15.7. The number of urea groups is 1. The van der Waals surface area contributed by atoms with Crippen LogP contribution in [-0.4, -0.2) is 42.3 Å². The van der Waals surface area contributed by atoms with Crippen LogP contribution < -0.4 is 26.9 Å². The predicted molar refractivity (Wildman–Crippen MR) is 116 cm³/mol. The van der Waals surface area contributed by atoms with E-state index in [1.54, 1.807) is 7.05 Å². The highest BCUT2D eigenvalue weighted by Gasteiger charge is 2.17. The molecule has 0 aromatic carbocycles. The molecule has 0 atom stereocenters. The highest BCUT2D eigenvalue weighted by atomic mass is 16.5. The van der Waals surface area contributed by atoms with Gasteiger partial charge < -0.3 is 26.1 Å². The summed E-state index contributed by atoms with van der Waals surface area (Å²) in [4.78, 5) is 16.6. The van der Waals surface area contributed by atoms with Gasteiger partial charge in [0.2, 0.25) is 0 Å². The van der Waals surface area contributed by atoms with Gasteiger partial charge >= 0.3 is 6.03 Å². The minimum absolute atomic E-state index is 0.198. The molecule has 0 saturated heterocycles. The zero-order chi connectivity index (χ0) is 21.4. The van der Waals surface area contributed by atoms with Crippen LogP contribution in [0.15, 0.2) is 17.8 Å². The van der Waals surface area contributed by atoms with E-state index in [0.717, 1.165) is 24.3 Å². The number of nitrogens with one attached hydrogen (secondary N) is 2. The minimum Gasteiger partial charge on any atom is -0.489 e. The van der Waals surface area contributed by atoms with Crippen molar-refractivity contribution in [3.63, 3.8) is 0 Å². The molecular weight excluding hydrogens is 368 g/mol. The summed E-state index contributed by atoms with van der Waals surface area (Å²) in [7, 11) is 1.68. The summed E-state index contributed by atoms with van der Waals surface area (Å²) in [5.41, 5.74) is 8.73. The van der Waals surface area contributed by atoms with E-state index < -0.39 is 0 Å². The number of aryl methyl sites for hydroxylation is 1. The van der Waals surface area contributed by atoms with Crippen molar-refractivity contribution in [1.29, 1.82) is 0 Å². The van der Waals surface area contributed by atoms with Crippen molar-refractivity contribution in [2.45, 2.75) is 59.0 Å². The van der Waals surface area contributed by atoms with Gasteiger partial charge in [-0.2, -0.15) is 0 Å². The van der Waals surface area contributed by atoms with Crippen LogP contribution in [0.4, 0.5) is 4.79 Å². The monoisotopic (exact) mass is 404 g/mol. The van der Waals surface area contributed by atoms with Gasteiger partial charge in [-0.25, -0.2) is 15.6 Å². The molecule has 8 nitrogen and oxygen atoms in total. The van der Waals surface area contributed by atoms with Crippen LogP contribution in [0, 0.1) is 12.8 Å². The topological polar surface area (TPSA) is 119 Å². The number of nitrogens with zero attached hydrogens (tertiary/aromatic N) is 2. The van der Waals surface area contributed by atoms with E-state index in [4.69, 9.17) is 16.3 Å². The number of pyridine rings is 1. The number of carbonyl (C=O) groups excluding carboxylic acids is 1. The molecular formula is C21H36N6O2. The summed E-state index contributed by atoms with van der Waals surface area (Å²) in [5, 5.41) is 7.00. The highest BCUT2D eigenvalue weighted by Crippen LogP contribution is 2.26. The number of aromatic nitrogens is 1. The molecule has 1 aromatic rings. The molecule has 0 radical (unpaired) electrons. The van der Waals surface area contributed by atoms with Crippen molar-refractivity contribution < 1.29 is 9.53 Å². The third kappa shape index (κ3) is 7.12. The third-order valence-electron chi connectivity index (χ3n) is 4.98. The molecule has 1 saturated carbocycles. The van der Waals surface area contributed by atoms with Crippen molar-refractivity contribution in [1.82, 2.24) is 20.6 Å². The lowest BCUT2D eigenvalue weighted by atomic mass is 9.98. The molecule has 2 amide bonds. The Morgan fingerprint density at radius 3 is 2.55 bits per heavy atom. The van der Waals surface area contributed by atoms with Crippen LogP contribution >= 0.6 is 0 Å². The molecule has 0 unspecified atom stereocenters. The van der Waals surface area contributed by atoms with E-state index in [0.29, 0.717) is 29.6 Å². The molecule has 0 bridgehead atoms. The van der Waals surface area contributed by atoms with Gasteiger partial charge in [-0.3, -0.25) is 0 Å². The average Bonchev–Trinajstić information content (AvgIpc) is 2.68. The Hall–Kier alpha value is -2.48. The lowest BCUT2D eigenvalue weighted by Gasteiger charge is -2.24. The van der Waals surface area contributed by atoms with Crippen LogP contribution in [0.3, 0.4) is 0 Å². The minimum atomic E-state index is -0.258. The van der Waals surface area contributed by atoms with E-state index in [2.05, 4.69) is 15.6 Å². The van der Waals surface area contributed by atoms with Gasteiger partial charge in [-0.15, -0.1) is 0 Å². The summed E-state index contributed by atoms with van der Waals surface area (Å²) >= 11 is 0. The Bertz CT molecular complexity index is 711. The fourth-order valence-corrected chi connectivity index (χ4v) is 3.27. The zero-order valence-corrected chi connectivity index (χ0v) is 18.1. The third-order valence-corrected chi connectivity index (χ3v) is 4.98. The molecule has 1 fully saturated rings. The molecule has 8 heteroatoms. The Morgan fingerprint density at radius 2 is 1.97 bits per heavy atom. The maximum atomic E-state index is 11.9. The second kappa shape index (κ2) is 10.9. The Morgan fingerprint density at radius 1 is 1.28 bits per heavy atom. The number of hydrogen-bond donors (Lipinski definition) is 4. The summed E-state index contributed by atoms with van der Waals surface area (Å²) in [5.74, 6) is 7.11. The standard InChI is InChI=1S/C21H36N6O2/c1-14(2)12-24-21(28)25-13-18(27(4)23)20(22)17-10-11-19(15(3)26-17)29-16-8-6-5-7-9-16/h10-11,14,16H,5-9,12-13,22-23H2,1-4H3,(H2,24,25,28)/b20-18-. The van der Waals surface area contributed by atoms with Gasteiger partial charge in [-0.05, 0) is 50.7 Å². The van der Waals surface area contributed by atoms with Gasteiger partial charge in [-0.1, -0.05) is 20.3 Å². The molecule has 6 N–H and O–H groups in total. The van der Waals surface area contributed by atoms with Crippen molar-refractivity contribution >= 4 is 11.7 Å². The highest BCUT2D eigenvalue weighted by molar-refractivity contribution is 5.74. The number of likely N-dealkylation sites (N-methyl/N-ethyl adjacent to an activating group) is 1. The second-order valence-corrected chi connectivity index (χ2v) is 8.09. The molecule has 1 aromatic heterocycles. The number of ether oxygens (including phenoxy) is 1. The SMILES string of the molecule is Cc1nc(/C(N)=C(\CNC(=O)NCC(C)C)N(C)N)ccc1OC1CCCCC1. The number of hydrazine groups is 1. The summed E-state index contributed by atoms with van der Waals surface area (Å²) in [6.45, 7) is 6.78. The van der Waals surface area contributed by atoms with Gasteiger partial charge in [0.1, 0.15) is 5.75 Å². The number of hydrogen-bond acceptors (Lipinski definition) is 6. The van der Waals surface area contributed by atoms with Gasteiger partial charge in [0.15, 0.2) is 0 Å². The van der Waals surface area contributed by atoms with Crippen molar-refractivity contribution in [2.75, 3.05) is 20.1 Å². The van der Waals surface area contributed by atoms with Crippen LogP contribution in [-0.2, 0) is 0 Å². The van der Waals surface area contributed by atoms with E-state index in [1.807, 2.05) is 32.9 Å². The van der Waals surface area contributed by atoms with E-state index in [1.165, 1.54) is 24.3 Å². The van der Waals surface area contributed by atoms with Crippen LogP contribution in [0.1, 0.15) is 57.3 Å². The Labute approximate surface area is 174 Å². The second-order valence-electron chi connectivity index (χ2n) is 8.09. The number of carbonyl (C=O) groups is 1. The van der Waals surface area contributed by atoms with Crippen molar-refractivity contribution in [3.8, 4) is 5.75 Å². The van der Waals surface area contributed by atoms with Gasteiger partial charge in [0, 0.05) is 13.6 Å². The molecule has 0 aliphatic heterocycles. The quantitative estimate of drug-likeness (QED) is 0.390. The van der Waals surface area contributed by atoms with Crippen molar-refractivity contribution in [3.05, 3.63) is 29.2 Å². The molecule has 162 valence electrons. The molecule has 1 aliphatic rings. The van der Waals surface area contributed by atoms with E-state index >= 15 is 0 Å². The first-order valence-corrected chi connectivity index (χ1v) is 10.4. The maximum Gasteiger partial charge on any atom is 0.315 e. The number of amides is 2. The van der Waals surface area contributed by atoms with Gasteiger partial charge in [0.05, 0.1) is 35.4 Å². The predicted octanol–water partition coefficient (Wildman–Crippen LogP) is 2.49. The first kappa shape index (κ1) is 22.8. The fourth-order valence-electron chi connectivity index (χ4n) is 3.27. The number of rotatable bonds is 8. The molecule has 29 heavy (non-hydrogen) atoms. The average molecular weight is 405 g/mol. The lowest BCUT2D eigenvalue weighted by Crippen LogP contribution is -2.42. The van der Waals surface area contributed by atoms with Gasteiger partial charge in [0.25, 0.3) is 0 Å². The zero-order valence-electron chi connectivity index (χ0n) is 18.1. The summed E-state index contributed by atoms with van der Waals surface area (Å²) in [6, 6.07) is 3.49. The first-order chi connectivity index (χ1) is 13.8. The van der Waals surface area contributed by atoms with Crippen molar-refractivity contribution in [2.24, 2.45) is 17.5 Å². The largest absolute Gasteiger partial charge is 0.489 e. The van der Waals surface area contributed by atoms with Crippen LogP contribution in [0.25, 0.3) is 5.70 Å². The first-order valence-electron chi connectivity index (χ1n) is 10.4. The summed E-state index contributed by atoms with van der Waals surface area (Å²) < 4.78 is 6.13. The molecule has 1 heterocycles. The maximum absolute atomic E-state index is 11.9. The van der Waals surface area contributed by atoms with E-state index in [-0.39, 0.29) is 18.7 Å². The van der Waals surface area contributed by atoms with Crippen LogP contribution in [0.5, 0.6) is 5.75 Å². The molecule has 0 spiro atoms. The number of nitrogens with two attached hydrogens (primary N) is 2. The summed E-state index contributed by atoms with van der Waals surface area (Å²) in [6.07, 6.45) is 6.17. The van der Waals surface area contributed by atoms with Crippen LogP contribution in [0.2, 0.25) is 0 Å². The lowest BCUT2D eigenvalue weighted by molar-refractivity contribution is 0.153. The Balaban J connectivity index is 2.08. The van der Waals surface area contributed by atoms with E-state index in [9.17, 15) is 4.79 Å². The Kier molecular flexibility index (Phi) is 8.57. The smallest absolute Gasteiger partial charge is 0.315 e. The molecule has 1 aliphatic carbocycles. The fraction of sp³-hybridized carbons (Fsp3) is 0.619. The molecule has 2 rings (SSSR count).